The molecule has 0 spiro atoms. The van der Waals surface area contributed by atoms with Gasteiger partial charge >= 0.3 is 18.2 Å². The van der Waals surface area contributed by atoms with Gasteiger partial charge in [0.15, 0.2) is 6.29 Å². The van der Waals surface area contributed by atoms with Gasteiger partial charge in [-0.3, -0.25) is 9.59 Å². The van der Waals surface area contributed by atoms with Crippen LogP contribution < -0.4 is 26.7 Å². The summed E-state index contributed by atoms with van der Waals surface area (Å²) in [6, 6.07) is 4.07. The number of alkyl carbamates (subject to hydrolysis) is 2. The van der Waals surface area contributed by atoms with Gasteiger partial charge in [-0.25, -0.2) is 14.4 Å². The summed E-state index contributed by atoms with van der Waals surface area (Å²) in [4.78, 5) is 68.2. The fourth-order valence-electron chi connectivity index (χ4n) is 3.66. The van der Waals surface area contributed by atoms with Gasteiger partial charge in [0.1, 0.15) is 23.3 Å². The van der Waals surface area contributed by atoms with Crippen LogP contribution in [-0.2, 0) is 28.6 Å². The van der Waals surface area contributed by atoms with Crippen LogP contribution in [0.4, 0.5) is 9.59 Å². The van der Waals surface area contributed by atoms with Crippen molar-refractivity contribution >= 4 is 30.0 Å². The number of methoxy groups -OCH3 is 1. The van der Waals surface area contributed by atoms with Crippen molar-refractivity contribution in [3.05, 3.63) is 35.9 Å². The first kappa shape index (κ1) is 40.0. The molecule has 0 aliphatic heterocycles. The Bertz CT molecular complexity index is 1140. The van der Waals surface area contributed by atoms with Crippen LogP contribution in [0.25, 0.3) is 0 Å². The van der Waals surface area contributed by atoms with Gasteiger partial charge in [0.05, 0.1) is 17.7 Å². The molecule has 0 aliphatic rings. The summed E-state index contributed by atoms with van der Waals surface area (Å²) in [5.41, 5.74) is 1.07. The first-order chi connectivity index (χ1) is 21.3. The predicted molar refractivity (Wildman–Crippen MR) is 165 cm³/mol. The molecule has 0 bridgehead atoms. The van der Waals surface area contributed by atoms with Gasteiger partial charge in [-0.05, 0) is 73.4 Å². The maximum absolute atomic E-state index is 13.3. The number of carbonyl (C=O) groups excluding carboxylic acids is 5. The Kier molecular flexibility index (Phi) is 16.4. The van der Waals surface area contributed by atoms with Crippen molar-refractivity contribution in [3.63, 3.8) is 0 Å². The number of carbonyl (C=O) groups is 5. The molecule has 1 aromatic carbocycles. The van der Waals surface area contributed by atoms with Gasteiger partial charge in [0.2, 0.25) is 11.8 Å². The molecule has 0 fully saturated rings. The Labute approximate surface area is 269 Å². The van der Waals surface area contributed by atoms with E-state index in [0.717, 1.165) is 0 Å². The molecule has 7 N–H and O–H groups in total. The highest BCUT2D eigenvalue weighted by atomic mass is 16.7. The van der Waals surface area contributed by atoms with Crippen molar-refractivity contribution in [2.24, 2.45) is 0 Å². The molecule has 16 heteroatoms. The Balaban J connectivity index is 2.98. The average Bonchev–Trinajstić information content (AvgIpc) is 2.94. The molecular formula is C30H49N5O11. The molecule has 0 heterocycles. The van der Waals surface area contributed by atoms with E-state index in [-0.39, 0.29) is 31.5 Å². The highest BCUT2D eigenvalue weighted by Gasteiger charge is 2.32. The molecule has 2 unspecified atom stereocenters. The summed E-state index contributed by atoms with van der Waals surface area (Å²) >= 11 is 0. The van der Waals surface area contributed by atoms with Gasteiger partial charge in [-0.15, -0.1) is 5.48 Å². The molecule has 0 saturated carbocycles. The number of nitrogens with one attached hydrogen (secondary N) is 5. The molecule has 1 aromatic rings. The van der Waals surface area contributed by atoms with Crippen LogP contribution in [0.3, 0.4) is 0 Å². The number of rotatable bonds is 16. The van der Waals surface area contributed by atoms with Crippen LogP contribution in [0.2, 0.25) is 0 Å². The van der Waals surface area contributed by atoms with E-state index < -0.39 is 71.7 Å². The van der Waals surface area contributed by atoms with E-state index in [1.165, 1.54) is 26.2 Å². The molecule has 0 aromatic heterocycles. The van der Waals surface area contributed by atoms with E-state index in [1.54, 1.807) is 59.7 Å². The molecule has 0 saturated heterocycles. The minimum absolute atomic E-state index is 0.00355. The minimum atomic E-state index is -1.54. The zero-order valence-corrected chi connectivity index (χ0v) is 27.7. The average molecular weight is 656 g/mol. The highest BCUT2D eigenvalue weighted by molar-refractivity contribution is 5.91. The van der Waals surface area contributed by atoms with Gasteiger partial charge in [-0.2, -0.15) is 0 Å². The summed E-state index contributed by atoms with van der Waals surface area (Å²) in [7, 11) is 1.21. The SMILES string of the molecule is COC(O)[C@H](CCNC(=O)OC(C)(C)C)NC(=O)[C@@H](NC(=O)C(CCNC(=O)OC(C)(C)C)NOC(=O)c1ccccc1)[C@@H](C)O. The monoisotopic (exact) mass is 655 g/mol. The van der Waals surface area contributed by atoms with Crippen molar-refractivity contribution < 1.29 is 53.2 Å². The van der Waals surface area contributed by atoms with Crippen LogP contribution in [0.15, 0.2) is 30.3 Å². The maximum atomic E-state index is 13.3. The Hall–Kier alpha value is -3.99. The lowest BCUT2D eigenvalue weighted by Crippen LogP contribution is -2.59. The smallest absolute Gasteiger partial charge is 0.407 e. The third-order valence-corrected chi connectivity index (χ3v) is 5.82. The van der Waals surface area contributed by atoms with E-state index >= 15 is 0 Å². The second-order valence-electron chi connectivity index (χ2n) is 12.3. The second-order valence-corrected chi connectivity index (χ2v) is 12.3. The van der Waals surface area contributed by atoms with Crippen LogP contribution in [-0.4, -0.2) is 102 Å². The number of hydroxylamine groups is 1. The van der Waals surface area contributed by atoms with Crippen LogP contribution in [0, 0.1) is 0 Å². The second kappa shape index (κ2) is 18.9. The summed E-state index contributed by atoms with van der Waals surface area (Å²) in [5.74, 6) is -2.53. The zero-order valence-electron chi connectivity index (χ0n) is 27.7. The maximum Gasteiger partial charge on any atom is 0.407 e. The first-order valence-electron chi connectivity index (χ1n) is 14.8. The number of ether oxygens (including phenoxy) is 3. The summed E-state index contributed by atoms with van der Waals surface area (Å²) < 4.78 is 15.3. The summed E-state index contributed by atoms with van der Waals surface area (Å²) in [5, 5.41) is 30.6. The Morgan fingerprint density at radius 1 is 0.783 bits per heavy atom. The molecule has 5 atom stereocenters. The Morgan fingerprint density at radius 2 is 1.30 bits per heavy atom. The third kappa shape index (κ3) is 16.4. The van der Waals surface area contributed by atoms with Crippen LogP contribution >= 0.6 is 0 Å². The molecular weight excluding hydrogens is 606 g/mol. The zero-order chi connectivity index (χ0) is 35.1. The lowest BCUT2D eigenvalue weighted by atomic mass is 10.1. The molecule has 1 rings (SSSR count). The van der Waals surface area contributed by atoms with Gasteiger partial charge in [0, 0.05) is 20.2 Å². The molecule has 4 amide bonds. The topological polar surface area (TPSA) is 223 Å². The van der Waals surface area contributed by atoms with E-state index in [9.17, 15) is 34.2 Å². The largest absolute Gasteiger partial charge is 0.444 e. The van der Waals surface area contributed by atoms with Crippen molar-refractivity contribution in [1.82, 2.24) is 26.7 Å². The van der Waals surface area contributed by atoms with E-state index in [4.69, 9.17) is 19.0 Å². The first-order valence-corrected chi connectivity index (χ1v) is 14.8. The molecule has 46 heavy (non-hydrogen) atoms. The fraction of sp³-hybridized carbons (Fsp3) is 0.633. The lowest BCUT2D eigenvalue weighted by Gasteiger charge is -2.28. The fourth-order valence-corrected chi connectivity index (χ4v) is 3.66. The van der Waals surface area contributed by atoms with E-state index in [0.29, 0.717) is 0 Å². The number of aliphatic hydroxyl groups excluding tert-OH is 2. The number of amides is 4. The van der Waals surface area contributed by atoms with Gasteiger partial charge < -0.3 is 50.5 Å². The quantitative estimate of drug-likeness (QED) is 0.0749. The Morgan fingerprint density at radius 3 is 1.78 bits per heavy atom. The van der Waals surface area contributed by atoms with Crippen LogP contribution in [0.1, 0.15) is 71.7 Å². The molecule has 260 valence electrons. The lowest BCUT2D eigenvalue weighted by molar-refractivity contribution is -0.138. The number of benzene rings is 1. The number of hydrogen-bond acceptors (Lipinski definition) is 12. The van der Waals surface area contributed by atoms with Crippen molar-refractivity contribution in [1.29, 1.82) is 0 Å². The van der Waals surface area contributed by atoms with Crippen molar-refractivity contribution in [2.75, 3.05) is 20.2 Å². The summed E-state index contributed by atoms with van der Waals surface area (Å²) in [6.07, 6.45) is -4.49. The minimum Gasteiger partial charge on any atom is -0.444 e. The predicted octanol–water partition coefficient (Wildman–Crippen LogP) is 0.861. The molecule has 0 aliphatic carbocycles. The van der Waals surface area contributed by atoms with Gasteiger partial charge in [-0.1, -0.05) is 18.2 Å². The summed E-state index contributed by atoms with van der Waals surface area (Å²) in [6.45, 7) is 11.3. The third-order valence-electron chi connectivity index (χ3n) is 5.82. The molecule has 0 radical (unpaired) electrons. The highest BCUT2D eigenvalue weighted by Crippen LogP contribution is 2.09. The van der Waals surface area contributed by atoms with Gasteiger partial charge in [0.25, 0.3) is 0 Å². The van der Waals surface area contributed by atoms with E-state index in [1.807, 2.05) is 0 Å². The normalized spacial score (nSPS) is 14.8. The standard InChI is InChI=1S/C30H49N5O11/c1-18(36)22(24(38)33-21(26(40)43-8)15-17-32-28(42)45-30(5,6)7)34-23(37)20(14-16-31-27(41)44-29(2,3)4)35-46-25(39)19-12-10-9-11-13-19/h9-13,18,20-22,26,35-36,40H,14-17H2,1-8H3,(H,31,41)(H,32,42)(H,33,38)(H,34,37)/t18-,20?,21+,22+,26?/m1/s1. The number of aliphatic hydroxyl groups is 2. The van der Waals surface area contributed by atoms with Crippen LogP contribution in [0.5, 0.6) is 0 Å². The molecule has 16 nitrogen and oxygen atoms in total. The van der Waals surface area contributed by atoms with Crippen molar-refractivity contribution in [3.8, 4) is 0 Å². The van der Waals surface area contributed by atoms with E-state index in [2.05, 4.69) is 26.7 Å². The number of hydrogen-bond donors (Lipinski definition) is 7. The van der Waals surface area contributed by atoms with Crippen molar-refractivity contribution in [2.45, 2.75) is 103 Å².